The molecule has 22 heavy (non-hydrogen) atoms. The van der Waals surface area contributed by atoms with Crippen LogP contribution in [0.2, 0.25) is 0 Å². The number of carboxylic acid groups (broad SMARTS) is 1. The first-order chi connectivity index (χ1) is 10.2. The smallest absolute Gasteiger partial charge is 0.323 e. The number of benzene rings is 1. The molecule has 1 N–H and O–H groups in total. The van der Waals surface area contributed by atoms with Crippen LogP contribution in [0.15, 0.2) is 23.1 Å². The highest BCUT2D eigenvalue weighted by atomic mass is 32.2. The van der Waals surface area contributed by atoms with Gasteiger partial charge >= 0.3 is 5.97 Å². The van der Waals surface area contributed by atoms with Crippen LogP contribution in [-0.4, -0.2) is 49.6 Å². The fraction of sp³-hybridized carbons (Fsp3) is 0.357. The zero-order chi connectivity index (χ0) is 16.9. The number of carboxylic acids is 1. The number of carbonyl (C=O) groups excluding carboxylic acids is 1. The molecule has 1 amide bonds. The lowest BCUT2D eigenvalue weighted by Gasteiger charge is -2.21. The van der Waals surface area contributed by atoms with Crippen molar-refractivity contribution in [2.45, 2.75) is 18.2 Å². The van der Waals surface area contributed by atoms with Crippen molar-refractivity contribution in [3.8, 4) is 6.07 Å². The van der Waals surface area contributed by atoms with Crippen LogP contribution < -0.4 is 0 Å². The largest absolute Gasteiger partial charge is 0.480 e. The second-order valence-electron chi connectivity index (χ2n) is 4.80. The van der Waals surface area contributed by atoms with Gasteiger partial charge in [0, 0.05) is 12.8 Å². The van der Waals surface area contributed by atoms with Crippen LogP contribution in [0.25, 0.3) is 0 Å². The molecule has 118 valence electrons. The number of aliphatic carboxylic acids is 1. The highest BCUT2D eigenvalue weighted by molar-refractivity contribution is 7.90. The summed E-state index contributed by atoms with van der Waals surface area (Å²) in [6.07, 6.45) is 0.935. The summed E-state index contributed by atoms with van der Waals surface area (Å²) in [7, 11) is -3.64. The van der Waals surface area contributed by atoms with Crippen molar-refractivity contribution >= 4 is 21.7 Å². The van der Waals surface area contributed by atoms with Gasteiger partial charge in [0.1, 0.15) is 6.54 Å². The lowest BCUT2D eigenvalue weighted by atomic mass is 10.1. The standard InChI is InChI=1S/C14H16N2O5S/c1-10-4-5-12(22(2,20)21)11(8-10)14(19)16(7-3-6-15)9-13(17)18/h4-5,8H,3,7,9H2,1-2H3,(H,17,18). The number of carbonyl (C=O) groups is 2. The maximum absolute atomic E-state index is 12.5. The molecule has 0 aromatic heterocycles. The van der Waals surface area contributed by atoms with Gasteiger partial charge in [-0.2, -0.15) is 5.26 Å². The molecule has 0 aliphatic carbocycles. The molecule has 7 nitrogen and oxygen atoms in total. The minimum absolute atomic E-state index is 0.0426. The molecule has 0 bridgehead atoms. The molecule has 0 atom stereocenters. The summed E-state index contributed by atoms with van der Waals surface area (Å²) in [5.41, 5.74) is 0.591. The number of hydrogen-bond acceptors (Lipinski definition) is 5. The van der Waals surface area contributed by atoms with Crippen LogP contribution in [0, 0.1) is 18.3 Å². The summed E-state index contributed by atoms with van der Waals surface area (Å²) in [5.74, 6) is -1.96. The normalized spacial score (nSPS) is 10.8. The molecule has 8 heteroatoms. The molecule has 0 radical (unpaired) electrons. The molecule has 0 fully saturated rings. The maximum Gasteiger partial charge on any atom is 0.323 e. The molecule has 0 saturated heterocycles. The molecular weight excluding hydrogens is 308 g/mol. The van der Waals surface area contributed by atoms with E-state index in [9.17, 15) is 18.0 Å². The molecular formula is C14H16N2O5S. The fourth-order valence-corrected chi connectivity index (χ4v) is 2.77. The number of hydrogen-bond donors (Lipinski definition) is 1. The third kappa shape index (κ3) is 4.56. The molecule has 0 aliphatic rings. The van der Waals surface area contributed by atoms with Crippen molar-refractivity contribution < 1.29 is 23.1 Å². The van der Waals surface area contributed by atoms with Crippen molar-refractivity contribution in [3.05, 3.63) is 29.3 Å². The summed E-state index contributed by atoms with van der Waals surface area (Å²) in [5, 5.41) is 17.5. The first-order valence-electron chi connectivity index (χ1n) is 6.35. The number of rotatable bonds is 6. The van der Waals surface area contributed by atoms with Crippen molar-refractivity contribution in [1.29, 1.82) is 5.26 Å². The zero-order valence-electron chi connectivity index (χ0n) is 12.2. The molecule has 1 rings (SSSR count). The van der Waals surface area contributed by atoms with Gasteiger partial charge < -0.3 is 10.0 Å². The van der Waals surface area contributed by atoms with Gasteiger partial charge in [0.05, 0.1) is 22.9 Å². The number of aryl methyl sites for hydroxylation is 1. The third-order valence-corrected chi connectivity index (χ3v) is 4.03. The predicted octanol–water partition coefficient (Wildman–Crippen LogP) is 0.839. The lowest BCUT2D eigenvalue weighted by Crippen LogP contribution is -2.37. The molecule has 1 aromatic rings. The Balaban J connectivity index is 3.31. The van der Waals surface area contributed by atoms with Crippen molar-refractivity contribution in [1.82, 2.24) is 4.90 Å². The average Bonchev–Trinajstić information content (AvgIpc) is 2.40. The Morgan fingerprint density at radius 3 is 2.50 bits per heavy atom. The van der Waals surface area contributed by atoms with Crippen molar-refractivity contribution in [2.24, 2.45) is 0 Å². The fourth-order valence-electron chi connectivity index (χ4n) is 1.91. The van der Waals surface area contributed by atoms with Crippen LogP contribution >= 0.6 is 0 Å². The summed E-state index contributed by atoms with van der Waals surface area (Å²) < 4.78 is 23.6. The van der Waals surface area contributed by atoms with Crippen LogP contribution in [0.5, 0.6) is 0 Å². The Morgan fingerprint density at radius 2 is 2.00 bits per heavy atom. The van der Waals surface area contributed by atoms with Gasteiger partial charge in [-0.3, -0.25) is 9.59 Å². The van der Waals surface area contributed by atoms with Gasteiger partial charge in [-0.25, -0.2) is 8.42 Å². The number of nitrogens with zero attached hydrogens (tertiary/aromatic N) is 2. The quantitative estimate of drug-likeness (QED) is 0.829. The average molecular weight is 324 g/mol. The molecule has 1 aromatic carbocycles. The summed E-state index contributed by atoms with van der Waals surface area (Å²) in [6, 6.07) is 6.11. The third-order valence-electron chi connectivity index (χ3n) is 2.87. The molecule has 0 heterocycles. The van der Waals surface area contributed by atoms with Gasteiger partial charge in [-0.15, -0.1) is 0 Å². The Morgan fingerprint density at radius 1 is 1.36 bits per heavy atom. The minimum atomic E-state index is -3.64. The van der Waals surface area contributed by atoms with E-state index in [0.29, 0.717) is 5.56 Å². The van der Waals surface area contributed by atoms with Crippen LogP contribution in [-0.2, 0) is 14.6 Å². The van der Waals surface area contributed by atoms with Crippen LogP contribution in [0.4, 0.5) is 0 Å². The van der Waals surface area contributed by atoms with E-state index in [1.165, 1.54) is 12.1 Å². The first kappa shape index (κ1) is 17.7. The molecule has 0 saturated carbocycles. The lowest BCUT2D eigenvalue weighted by molar-refractivity contribution is -0.137. The van der Waals surface area contributed by atoms with E-state index in [-0.39, 0.29) is 23.4 Å². The van der Waals surface area contributed by atoms with E-state index in [1.54, 1.807) is 13.0 Å². The predicted molar refractivity (Wildman–Crippen MR) is 78.1 cm³/mol. The van der Waals surface area contributed by atoms with E-state index >= 15 is 0 Å². The molecule has 0 unspecified atom stereocenters. The number of sulfone groups is 1. The van der Waals surface area contributed by atoms with Gasteiger partial charge in [0.15, 0.2) is 9.84 Å². The number of amides is 1. The second kappa shape index (κ2) is 7.04. The highest BCUT2D eigenvalue weighted by Crippen LogP contribution is 2.19. The Hall–Kier alpha value is -2.40. The molecule has 0 spiro atoms. The van der Waals surface area contributed by atoms with Crippen LogP contribution in [0.1, 0.15) is 22.3 Å². The van der Waals surface area contributed by atoms with Crippen LogP contribution in [0.3, 0.4) is 0 Å². The van der Waals surface area contributed by atoms with E-state index in [4.69, 9.17) is 10.4 Å². The van der Waals surface area contributed by atoms with E-state index in [1.807, 2.05) is 6.07 Å². The Kier molecular flexibility index (Phi) is 5.65. The molecule has 0 aliphatic heterocycles. The van der Waals surface area contributed by atoms with E-state index in [0.717, 1.165) is 11.2 Å². The minimum Gasteiger partial charge on any atom is -0.480 e. The maximum atomic E-state index is 12.5. The Labute approximate surface area is 128 Å². The highest BCUT2D eigenvalue weighted by Gasteiger charge is 2.24. The monoisotopic (exact) mass is 324 g/mol. The van der Waals surface area contributed by atoms with Crippen molar-refractivity contribution in [2.75, 3.05) is 19.3 Å². The van der Waals surface area contributed by atoms with Crippen molar-refractivity contribution in [3.63, 3.8) is 0 Å². The van der Waals surface area contributed by atoms with E-state index < -0.39 is 28.3 Å². The topological polar surface area (TPSA) is 116 Å². The Bertz CT molecular complexity index is 734. The SMILES string of the molecule is Cc1ccc(S(C)(=O)=O)c(C(=O)N(CCC#N)CC(=O)O)c1. The first-order valence-corrected chi connectivity index (χ1v) is 8.24. The summed E-state index contributed by atoms with van der Waals surface area (Å²) in [6.45, 7) is 1.01. The second-order valence-corrected chi connectivity index (χ2v) is 6.78. The van der Waals surface area contributed by atoms with E-state index in [2.05, 4.69) is 0 Å². The number of nitriles is 1. The summed E-state index contributed by atoms with van der Waals surface area (Å²) >= 11 is 0. The zero-order valence-corrected chi connectivity index (χ0v) is 13.1. The van der Waals surface area contributed by atoms with Gasteiger partial charge in [0.2, 0.25) is 0 Å². The van der Waals surface area contributed by atoms with Gasteiger partial charge in [-0.1, -0.05) is 11.6 Å². The van der Waals surface area contributed by atoms with Gasteiger partial charge in [-0.05, 0) is 19.1 Å². The van der Waals surface area contributed by atoms with Gasteiger partial charge in [0.25, 0.3) is 5.91 Å². The summed E-state index contributed by atoms with van der Waals surface area (Å²) in [4.78, 5) is 24.2.